The maximum Gasteiger partial charge on any atom is 0.0556 e. The van der Waals surface area contributed by atoms with E-state index in [1.54, 1.807) is 0 Å². The summed E-state index contributed by atoms with van der Waals surface area (Å²) in [5.41, 5.74) is 1.48. The van der Waals surface area contributed by atoms with Crippen molar-refractivity contribution < 1.29 is 5.11 Å². The lowest BCUT2D eigenvalue weighted by molar-refractivity contribution is 0.254. The minimum Gasteiger partial charge on any atom is -0.395 e. The zero-order valence-electron chi connectivity index (χ0n) is 10.2. The monoisotopic (exact) mass is 231 g/mol. The summed E-state index contributed by atoms with van der Waals surface area (Å²) < 4.78 is 0. The predicted octanol–water partition coefficient (Wildman–Crippen LogP) is 2.15. The third kappa shape index (κ3) is 2.00. The second kappa shape index (κ2) is 4.79. The van der Waals surface area contributed by atoms with Gasteiger partial charge in [-0.05, 0) is 36.7 Å². The Labute approximate surface area is 103 Å². The van der Waals surface area contributed by atoms with E-state index in [4.69, 9.17) is 5.11 Å². The van der Waals surface area contributed by atoms with Gasteiger partial charge in [-0.2, -0.15) is 0 Å². The van der Waals surface area contributed by atoms with E-state index in [0.29, 0.717) is 12.0 Å². The molecule has 3 rings (SSSR count). The summed E-state index contributed by atoms with van der Waals surface area (Å²) in [5.74, 6) is 2.36. The van der Waals surface area contributed by atoms with Crippen LogP contribution in [0, 0.1) is 11.8 Å². The number of aliphatic hydroxyl groups is 1. The SMILES string of the molecule is OCCN[C@@H]1[C@@H]2CC[C@@H](C2)[C@H]1c1ccccc1. The van der Waals surface area contributed by atoms with Crippen LogP contribution in [0.15, 0.2) is 30.3 Å². The van der Waals surface area contributed by atoms with Gasteiger partial charge in [0.25, 0.3) is 0 Å². The molecular weight excluding hydrogens is 210 g/mol. The zero-order valence-corrected chi connectivity index (χ0v) is 10.2. The Morgan fingerprint density at radius 3 is 2.65 bits per heavy atom. The van der Waals surface area contributed by atoms with Gasteiger partial charge in [0.05, 0.1) is 6.61 Å². The van der Waals surface area contributed by atoms with Crippen molar-refractivity contribution in [3.8, 4) is 0 Å². The zero-order chi connectivity index (χ0) is 11.7. The average Bonchev–Trinajstić information content (AvgIpc) is 2.97. The lowest BCUT2D eigenvalue weighted by atomic mass is 9.80. The Morgan fingerprint density at radius 2 is 1.88 bits per heavy atom. The van der Waals surface area contributed by atoms with Gasteiger partial charge in [-0.1, -0.05) is 30.3 Å². The molecule has 2 aliphatic rings. The van der Waals surface area contributed by atoms with E-state index in [-0.39, 0.29) is 6.61 Å². The van der Waals surface area contributed by atoms with Crippen LogP contribution in [-0.4, -0.2) is 24.3 Å². The van der Waals surface area contributed by atoms with Gasteiger partial charge >= 0.3 is 0 Å². The first-order chi connectivity index (χ1) is 8.40. The van der Waals surface area contributed by atoms with E-state index in [1.807, 2.05) is 0 Å². The van der Waals surface area contributed by atoms with E-state index >= 15 is 0 Å². The molecule has 2 heteroatoms. The van der Waals surface area contributed by atoms with E-state index < -0.39 is 0 Å². The Kier molecular flexibility index (Phi) is 3.17. The molecular formula is C15H21NO. The smallest absolute Gasteiger partial charge is 0.0556 e. The molecule has 2 aliphatic carbocycles. The number of rotatable bonds is 4. The van der Waals surface area contributed by atoms with Crippen molar-refractivity contribution in [2.75, 3.05) is 13.2 Å². The topological polar surface area (TPSA) is 32.3 Å². The molecule has 0 aromatic heterocycles. The molecule has 0 spiro atoms. The quantitative estimate of drug-likeness (QED) is 0.832. The van der Waals surface area contributed by atoms with Crippen LogP contribution >= 0.6 is 0 Å². The molecule has 2 nitrogen and oxygen atoms in total. The predicted molar refractivity (Wildman–Crippen MR) is 68.9 cm³/mol. The van der Waals surface area contributed by atoms with Gasteiger partial charge in [-0.15, -0.1) is 0 Å². The number of benzene rings is 1. The molecule has 1 aromatic rings. The Bertz CT molecular complexity index is 364. The molecule has 0 amide bonds. The summed E-state index contributed by atoms with van der Waals surface area (Å²) in [6, 6.07) is 11.5. The minimum absolute atomic E-state index is 0.245. The van der Waals surface area contributed by atoms with Crippen LogP contribution in [0.2, 0.25) is 0 Å². The number of aliphatic hydroxyl groups excluding tert-OH is 1. The molecule has 0 unspecified atom stereocenters. The molecule has 1 aromatic carbocycles. The molecule has 2 saturated carbocycles. The molecule has 2 bridgehead atoms. The summed E-state index contributed by atoms with van der Waals surface area (Å²) >= 11 is 0. The highest BCUT2D eigenvalue weighted by Crippen LogP contribution is 2.52. The second-order valence-electron chi connectivity index (χ2n) is 5.47. The van der Waals surface area contributed by atoms with Gasteiger partial charge in [-0.25, -0.2) is 0 Å². The number of hydrogen-bond acceptors (Lipinski definition) is 2. The highest BCUT2D eigenvalue weighted by atomic mass is 16.3. The first-order valence-corrected chi connectivity index (χ1v) is 6.79. The van der Waals surface area contributed by atoms with E-state index in [2.05, 4.69) is 35.6 Å². The lowest BCUT2D eigenvalue weighted by Gasteiger charge is -2.32. The van der Waals surface area contributed by atoms with E-state index in [1.165, 1.54) is 24.8 Å². The molecule has 17 heavy (non-hydrogen) atoms. The van der Waals surface area contributed by atoms with Crippen LogP contribution < -0.4 is 5.32 Å². The number of fused-ring (bicyclic) bond motifs is 2. The molecule has 0 aliphatic heterocycles. The standard InChI is InChI=1S/C15H21NO/c17-9-8-16-15-13-7-6-12(10-13)14(15)11-4-2-1-3-5-11/h1-5,12-17H,6-10H2/t12-,13+,14+,15+/m0/s1. The first-order valence-electron chi connectivity index (χ1n) is 6.79. The molecule has 92 valence electrons. The number of hydrogen-bond donors (Lipinski definition) is 2. The fourth-order valence-electron chi connectivity index (χ4n) is 3.97. The lowest BCUT2D eigenvalue weighted by Crippen LogP contribution is -2.40. The van der Waals surface area contributed by atoms with E-state index in [0.717, 1.165) is 18.4 Å². The molecule has 0 saturated heterocycles. The van der Waals surface area contributed by atoms with Crippen LogP contribution in [0.4, 0.5) is 0 Å². The van der Waals surface area contributed by atoms with Crippen molar-refractivity contribution in [3.05, 3.63) is 35.9 Å². The van der Waals surface area contributed by atoms with Crippen LogP contribution in [0.25, 0.3) is 0 Å². The summed E-state index contributed by atoms with van der Waals surface area (Å²) in [7, 11) is 0. The van der Waals surface area contributed by atoms with Crippen LogP contribution in [-0.2, 0) is 0 Å². The molecule has 0 heterocycles. The highest BCUT2D eigenvalue weighted by molar-refractivity contribution is 5.26. The van der Waals surface area contributed by atoms with Gasteiger partial charge in [0.2, 0.25) is 0 Å². The maximum atomic E-state index is 8.99. The third-order valence-electron chi connectivity index (χ3n) is 4.59. The van der Waals surface area contributed by atoms with Crippen molar-refractivity contribution in [3.63, 3.8) is 0 Å². The van der Waals surface area contributed by atoms with Crippen molar-refractivity contribution in [1.82, 2.24) is 5.32 Å². The minimum atomic E-state index is 0.245. The van der Waals surface area contributed by atoms with Gasteiger partial charge in [0.15, 0.2) is 0 Å². The van der Waals surface area contributed by atoms with Gasteiger partial charge in [-0.3, -0.25) is 0 Å². The van der Waals surface area contributed by atoms with Crippen LogP contribution in [0.1, 0.15) is 30.7 Å². The van der Waals surface area contributed by atoms with E-state index in [9.17, 15) is 0 Å². The molecule has 0 radical (unpaired) electrons. The highest BCUT2D eigenvalue weighted by Gasteiger charge is 2.47. The maximum absolute atomic E-state index is 8.99. The average molecular weight is 231 g/mol. The van der Waals surface area contributed by atoms with Crippen molar-refractivity contribution in [2.24, 2.45) is 11.8 Å². The largest absolute Gasteiger partial charge is 0.395 e. The summed E-state index contributed by atoms with van der Waals surface area (Å²) in [6.07, 6.45) is 4.14. The Hall–Kier alpha value is -0.860. The summed E-state index contributed by atoms with van der Waals surface area (Å²) in [5, 5.41) is 12.6. The van der Waals surface area contributed by atoms with Crippen molar-refractivity contribution >= 4 is 0 Å². The fourth-order valence-corrected chi connectivity index (χ4v) is 3.97. The normalized spacial score (nSPS) is 35.4. The second-order valence-corrected chi connectivity index (χ2v) is 5.47. The third-order valence-corrected chi connectivity index (χ3v) is 4.59. The fraction of sp³-hybridized carbons (Fsp3) is 0.600. The molecule has 2 fully saturated rings. The summed E-state index contributed by atoms with van der Waals surface area (Å²) in [6.45, 7) is 0.979. The van der Waals surface area contributed by atoms with Crippen LogP contribution in [0.5, 0.6) is 0 Å². The van der Waals surface area contributed by atoms with Gasteiger partial charge in [0.1, 0.15) is 0 Å². The Morgan fingerprint density at radius 1 is 1.12 bits per heavy atom. The van der Waals surface area contributed by atoms with Crippen molar-refractivity contribution in [1.29, 1.82) is 0 Å². The van der Waals surface area contributed by atoms with Gasteiger partial charge in [0, 0.05) is 18.5 Å². The first kappa shape index (κ1) is 11.2. The molecule has 4 atom stereocenters. The molecule has 2 N–H and O–H groups in total. The summed E-state index contributed by atoms with van der Waals surface area (Å²) in [4.78, 5) is 0. The van der Waals surface area contributed by atoms with Gasteiger partial charge < -0.3 is 10.4 Å². The van der Waals surface area contributed by atoms with Crippen molar-refractivity contribution in [2.45, 2.75) is 31.2 Å². The van der Waals surface area contributed by atoms with Crippen LogP contribution in [0.3, 0.4) is 0 Å². The number of nitrogens with one attached hydrogen (secondary N) is 1. The Balaban J connectivity index is 1.81.